The molecule has 0 aliphatic carbocycles. The predicted molar refractivity (Wildman–Crippen MR) is 54.1 cm³/mol. The summed E-state index contributed by atoms with van der Waals surface area (Å²) in [5.41, 5.74) is 0. The van der Waals surface area contributed by atoms with Crippen molar-refractivity contribution in [2.75, 3.05) is 0 Å². The summed E-state index contributed by atoms with van der Waals surface area (Å²) in [6, 6.07) is 2.55. The third-order valence-corrected chi connectivity index (χ3v) is 3.45. The van der Waals surface area contributed by atoms with Crippen LogP contribution in [0.5, 0.6) is 0 Å². The monoisotopic (exact) mass is 171 g/mol. The second kappa shape index (κ2) is 4.18. The fourth-order valence-electron chi connectivity index (χ4n) is 2.85. The first-order chi connectivity index (χ1) is 5.35. The van der Waals surface area contributed by atoms with Crippen LogP contribution in [-0.2, 0) is 0 Å². The minimum atomic E-state index is 0. The van der Waals surface area contributed by atoms with E-state index in [4.69, 9.17) is 5.26 Å². The van der Waals surface area contributed by atoms with Crippen molar-refractivity contribution in [1.29, 1.82) is 5.26 Å². The second-order valence-corrected chi connectivity index (χ2v) is 4.25. The van der Waals surface area contributed by atoms with Gasteiger partial charge in [-0.2, -0.15) is 5.26 Å². The van der Waals surface area contributed by atoms with Gasteiger partial charge in [0.15, 0.2) is 0 Å². The van der Waals surface area contributed by atoms with Gasteiger partial charge in [0.2, 0.25) is 0 Å². The van der Waals surface area contributed by atoms with Gasteiger partial charge in [-0.05, 0) is 12.8 Å². The van der Waals surface area contributed by atoms with Crippen molar-refractivity contribution in [3.63, 3.8) is 0 Å². The molecule has 2 saturated heterocycles. The minimum absolute atomic E-state index is 0. The summed E-state index contributed by atoms with van der Waals surface area (Å²) in [5, 5.41) is 9.17. The molecule has 2 rings (SSSR count). The summed E-state index contributed by atoms with van der Waals surface area (Å²) in [6.45, 7) is 0. The molecule has 0 N–H and O–H groups in total. The molecule has 1 nitrogen and oxygen atoms in total. The Morgan fingerprint density at radius 1 is 1.25 bits per heavy atom. The van der Waals surface area contributed by atoms with Crippen LogP contribution in [0.2, 0.25) is 11.1 Å². The second-order valence-electron chi connectivity index (χ2n) is 4.25. The van der Waals surface area contributed by atoms with Crippen LogP contribution in [0, 0.1) is 11.3 Å². The Morgan fingerprint density at radius 2 is 1.83 bits per heavy atom. The van der Waals surface area contributed by atoms with Gasteiger partial charge in [-0.25, -0.2) is 0 Å². The van der Waals surface area contributed by atoms with Crippen LogP contribution in [0.15, 0.2) is 0 Å². The Kier molecular flexibility index (Phi) is 3.70. The van der Waals surface area contributed by atoms with Crippen molar-refractivity contribution in [1.82, 2.24) is 0 Å². The van der Waals surface area contributed by atoms with Gasteiger partial charge in [0.1, 0.15) is 7.28 Å². The Balaban J connectivity index is 0.000000720. The van der Waals surface area contributed by atoms with E-state index in [0.29, 0.717) is 0 Å². The van der Waals surface area contributed by atoms with Crippen LogP contribution in [0.3, 0.4) is 0 Å². The molecule has 0 aromatic heterocycles. The average molecular weight is 171 g/mol. The summed E-state index contributed by atoms with van der Waals surface area (Å²) in [7, 11) is 1.21. The molecule has 0 unspecified atom stereocenters. The molecule has 3 heteroatoms. The van der Waals surface area contributed by atoms with E-state index in [0.717, 1.165) is 5.82 Å². The van der Waals surface area contributed by atoms with Gasteiger partial charge in [-0.15, -0.1) is 0 Å². The number of nitrogens with zero attached hydrogens (tertiary/aromatic N) is 1. The van der Waals surface area contributed by atoms with Gasteiger partial charge in [-0.3, -0.25) is 0 Å². The van der Waals surface area contributed by atoms with E-state index in [1.807, 2.05) is 0 Å². The van der Waals surface area contributed by atoms with E-state index in [9.17, 15) is 0 Å². The molecule has 0 radical (unpaired) electrons. The molecular formula is C9H15BNNa. The predicted octanol–water partition coefficient (Wildman–Crippen LogP) is 1.61. The van der Waals surface area contributed by atoms with Crippen LogP contribution in [0.1, 0.15) is 38.5 Å². The molecule has 0 aromatic rings. The molecule has 0 amide bonds. The zero-order valence-corrected chi connectivity index (χ0v) is 6.97. The summed E-state index contributed by atoms with van der Waals surface area (Å²) < 4.78 is 0. The van der Waals surface area contributed by atoms with E-state index >= 15 is 0 Å². The van der Waals surface area contributed by atoms with Gasteiger partial charge in [0, 0.05) is 5.31 Å². The average Bonchev–Trinajstić information content (AvgIpc) is 2.05. The fourth-order valence-corrected chi connectivity index (χ4v) is 2.85. The quantitative estimate of drug-likeness (QED) is 0.508. The van der Waals surface area contributed by atoms with Crippen molar-refractivity contribution < 1.29 is 0 Å². The Bertz CT molecular complexity index is 189. The summed E-state index contributed by atoms with van der Waals surface area (Å²) in [5.74, 6) is 0.900. The van der Waals surface area contributed by atoms with E-state index in [-0.39, 0.29) is 34.9 Å². The van der Waals surface area contributed by atoms with Crippen molar-refractivity contribution in [3.05, 3.63) is 0 Å². The molecular weight excluding hydrogens is 156 g/mol. The molecule has 2 aliphatic rings. The van der Waals surface area contributed by atoms with Crippen LogP contribution < -0.4 is 0 Å². The van der Waals surface area contributed by atoms with E-state index in [1.54, 1.807) is 0 Å². The van der Waals surface area contributed by atoms with Crippen molar-refractivity contribution in [2.45, 2.75) is 49.7 Å². The molecule has 2 bridgehead atoms. The van der Waals surface area contributed by atoms with Crippen molar-refractivity contribution >= 4 is 36.8 Å². The van der Waals surface area contributed by atoms with E-state index in [1.165, 1.54) is 45.8 Å². The van der Waals surface area contributed by atoms with Gasteiger partial charge in [-0.1, -0.05) is 31.5 Å². The van der Waals surface area contributed by atoms with Crippen LogP contribution in [0.4, 0.5) is 0 Å². The summed E-state index contributed by atoms with van der Waals surface area (Å²) >= 11 is 0. The van der Waals surface area contributed by atoms with Crippen LogP contribution >= 0.6 is 0 Å². The number of rotatable bonds is 0. The summed E-state index contributed by atoms with van der Waals surface area (Å²) in [4.78, 5) is 0. The molecule has 0 aromatic carbocycles. The maximum atomic E-state index is 9.04. The Labute approximate surface area is 97.4 Å². The fraction of sp³-hybridized carbons (Fsp3) is 0.889. The maximum absolute atomic E-state index is 9.04. The number of hydrogen-bond acceptors (Lipinski definition) is 1. The normalized spacial score (nSPS) is 38.8. The number of fused-ring (bicyclic) bond motifs is 2. The third kappa shape index (κ3) is 1.89. The zero-order valence-electron chi connectivity index (χ0n) is 6.97. The first kappa shape index (κ1) is 10.6. The first-order valence-electron chi connectivity index (χ1n) is 4.76. The number of hydrogen-bond donors (Lipinski definition) is 0. The van der Waals surface area contributed by atoms with Crippen molar-refractivity contribution in [3.8, 4) is 6.07 Å². The molecule has 60 valence electrons. The van der Waals surface area contributed by atoms with Gasteiger partial charge in [0.05, 0.1) is 6.07 Å². The molecule has 0 atom stereocenters. The van der Waals surface area contributed by atoms with Gasteiger partial charge < -0.3 is 0 Å². The van der Waals surface area contributed by atoms with Crippen LogP contribution in [-0.4, -0.2) is 36.8 Å². The first-order valence-corrected chi connectivity index (χ1v) is 4.76. The van der Waals surface area contributed by atoms with Crippen molar-refractivity contribution in [2.24, 2.45) is 0 Å². The molecule has 2 heterocycles. The Hall–Kier alpha value is 0.555. The van der Waals surface area contributed by atoms with E-state index in [2.05, 4.69) is 6.07 Å². The standard InChI is InChI=1S/C9H14BN.Na.H/c11-7-9-5-1-3-8(10-9)4-2-6-9;;/h8,10H,1-6H2;;. The molecule has 0 spiro atoms. The third-order valence-electron chi connectivity index (χ3n) is 3.45. The molecule has 0 saturated carbocycles. The SMILES string of the molecule is N#CC12BC(CCC1)CCC2.[NaH]. The molecule has 2 fully saturated rings. The number of nitriles is 1. The van der Waals surface area contributed by atoms with E-state index < -0.39 is 0 Å². The molecule has 12 heavy (non-hydrogen) atoms. The molecule has 2 aliphatic heterocycles. The topological polar surface area (TPSA) is 23.8 Å². The Morgan fingerprint density at radius 3 is 2.25 bits per heavy atom. The van der Waals surface area contributed by atoms with Crippen LogP contribution in [0.25, 0.3) is 0 Å². The summed E-state index contributed by atoms with van der Waals surface area (Å²) in [6.07, 6.45) is 7.75. The van der Waals surface area contributed by atoms with Gasteiger partial charge >= 0.3 is 29.6 Å². The zero-order chi connectivity index (χ0) is 7.73. The van der Waals surface area contributed by atoms with Gasteiger partial charge in [0.25, 0.3) is 0 Å².